The third-order valence-corrected chi connectivity index (χ3v) is 3.99. The highest BCUT2D eigenvalue weighted by Gasteiger charge is 2.10. The van der Waals surface area contributed by atoms with Crippen LogP contribution in [0.25, 0.3) is 0 Å². The summed E-state index contributed by atoms with van der Waals surface area (Å²) in [6.45, 7) is 2.47. The lowest BCUT2D eigenvalue weighted by atomic mass is 10.5. The van der Waals surface area contributed by atoms with Crippen LogP contribution in [0, 0.1) is 0 Å². The Balaban J connectivity index is 1.86. The fourth-order valence-corrected chi connectivity index (χ4v) is 2.74. The third-order valence-electron chi connectivity index (χ3n) is 2.19. The van der Waals surface area contributed by atoms with Gasteiger partial charge in [0.2, 0.25) is 16.2 Å². The second-order valence-corrected chi connectivity index (χ2v) is 5.70. The summed E-state index contributed by atoms with van der Waals surface area (Å²) in [5.74, 6) is 0.743. The number of amides is 1. The average molecular weight is 313 g/mol. The number of carbonyl (C=O) groups is 1. The van der Waals surface area contributed by atoms with Crippen molar-refractivity contribution < 1.29 is 4.79 Å². The summed E-state index contributed by atoms with van der Waals surface area (Å²) in [5, 5.41) is 11.5. The summed E-state index contributed by atoms with van der Waals surface area (Å²) >= 11 is 2.74. The van der Waals surface area contributed by atoms with Crippen molar-refractivity contribution >= 4 is 34.3 Å². The number of hydrogen-bond acceptors (Lipinski definition) is 8. The van der Waals surface area contributed by atoms with Crippen molar-refractivity contribution in [2.24, 2.45) is 5.73 Å². The monoisotopic (exact) mass is 313 g/mol. The second-order valence-electron chi connectivity index (χ2n) is 3.89. The first-order valence-corrected chi connectivity index (χ1v) is 7.82. The molecule has 20 heavy (non-hydrogen) atoms. The van der Waals surface area contributed by atoms with Gasteiger partial charge in [-0.3, -0.25) is 10.1 Å². The molecule has 0 unspecified atom stereocenters. The minimum absolute atomic E-state index is 0.0734. The van der Waals surface area contributed by atoms with Crippen LogP contribution in [0.3, 0.4) is 0 Å². The van der Waals surface area contributed by atoms with Crippen molar-refractivity contribution in [1.82, 2.24) is 24.4 Å². The van der Waals surface area contributed by atoms with Crippen molar-refractivity contribution in [3.8, 4) is 0 Å². The van der Waals surface area contributed by atoms with Crippen LogP contribution in [0.4, 0.5) is 5.13 Å². The van der Waals surface area contributed by atoms with Crippen LogP contribution >= 0.6 is 23.3 Å². The number of aromatic nitrogens is 5. The minimum Gasteiger partial charge on any atom is -0.325 e. The molecule has 2 heterocycles. The van der Waals surface area contributed by atoms with Gasteiger partial charge in [-0.2, -0.15) is 9.36 Å². The van der Waals surface area contributed by atoms with Gasteiger partial charge in [0, 0.05) is 23.8 Å². The van der Waals surface area contributed by atoms with Crippen molar-refractivity contribution in [2.45, 2.75) is 31.6 Å². The van der Waals surface area contributed by atoms with Gasteiger partial charge in [-0.1, -0.05) is 23.9 Å². The van der Waals surface area contributed by atoms with Crippen LogP contribution in [0.5, 0.6) is 0 Å². The average Bonchev–Trinajstić information content (AvgIpc) is 3.05. The Kier molecular flexibility index (Phi) is 5.44. The molecule has 0 aliphatic rings. The van der Waals surface area contributed by atoms with E-state index in [0.717, 1.165) is 12.2 Å². The smallest absolute Gasteiger partial charge is 0.247 e. The van der Waals surface area contributed by atoms with Gasteiger partial charge in [0.1, 0.15) is 6.54 Å². The topological polar surface area (TPSA) is 112 Å². The molecule has 0 aliphatic carbocycles. The number of nitrogens with zero attached hydrogens (tertiary/aromatic N) is 5. The van der Waals surface area contributed by atoms with Crippen LogP contribution in [-0.2, 0) is 17.9 Å². The van der Waals surface area contributed by atoms with Gasteiger partial charge in [-0.15, -0.1) is 5.10 Å². The number of thioether (sulfide) groups is 1. The lowest BCUT2D eigenvalue weighted by molar-refractivity contribution is -0.116. The molecule has 2 aromatic rings. The molecule has 0 bridgehead atoms. The van der Waals surface area contributed by atoms with Crippen LogP contribution in [0.2, 0.25) is 0 Å². The number of rotatable bonds is 7. The van der Waals surface area contributed by atoms with Crippen LogP contribution < -0.4 is 11.1 Å². The molecule has 0 saturated carbocycles. The standard InChI is InChI=1S/C10H15N7OS2/c1-2-3-19-10-13-9(20-15-10)12-8(18)6-17-5-7(4-11)14-16-17/h5H,2-4,6,11H2,1H3,(H,12,13,15,18). The molecule has 2 rings (SSSR count). The Morgan fingerprint density at radius 3 is 3.15 bits per heavy atom. The number of nitrogens with two attached hydrogens (primary N) is 1. The molecule has 8 nitrogen and oxygen atoms in total. The predicted molar refractivity (Wildman–Crippen MR) is 77.5 cm³/mol. The molecule has 0 atom stereocenters. The first kappa shape index (κ1) is 14.9. The molecule has 108 valence electrons. The normalized spacial score (nSPS) is 10.7. The van der Waals surface area contributed by atoms with E-state index in [1.165, 1.54) is 16.2 Å². The number of carbonyl (C=O) groups excluding carboxylic acids is 1. The van der Waals surface area contributed by atoms with Crippen molar-refractivity contribution in [2.75, 3.05) is 11.1 Å². The highest BCUT2D eigenvalue weighted by atomic mass is 32.2. The molecular weight excluding hydrogens is 298 g/mol. The Labute approximate surface area is 124 Å². The minimum atomic E-state index is -0.221. The lowest BCUT2D eigenvalue weighted by Crippen LogP contribution is -2.19. The van der Waals surface area contributed by atoms with Crippen molar-refractivity contribution in [1.29, 1.82) is 0 Å². The Bertz CT molecular complexity index is 567. The van der Waals surface area contributed by atoms with Crippen LogP contribution in [0.1, 0.15) is 19.0 Å². The maximum atomic E-state index is 11.8. The highest BCUT2D eigenvalue weighted by molar-refractivity contribution is 7.99. The fourth-order valence-electron chi connectivity index (χ4n) is 1.33. The van der Waals surface area contributed by atoms with E-state index < -0.39 is 0 Å². The van der Waals surface area contributed by atoms with E-state index in [2.05, 4.69) is 31.9 Å². The lowest BCUT2D eigenvalue weighted by Gasteiger charge is -2.00. The molecule has 2 aromatic heterocycles. The van der Waals surface area contributed by atoms with Crippen molar-refractivity contribution in [3.63, 3.8) is 0 Å². The third kappa shape index (κ3) is 4.25. The molecule has 1 amide bonds. The molecule has 0 spiro atoms. The van der Waals surface area contributed by atoms with Gasteiger partial charge in [0.05, 0.1) is 11.9 Å². The zero-order valence-electron chi connectivity index (χ0n) is 10.9. The SMILES string of the molecule is CCCSc1nsc(NC(=O)Cn2cc(CN)nn2)n1. The quantitative estimate of drug-likeness (QED) is 0.725. The maximum absolute atomic E-state index is 11.8. The number of hydrogen-bond donors (Lipinski definition) is 2. The predicted octanol–water partition coefficient (Wildman–Crippen LogP) is 0.729. The maximum Gasteiger partial charge on any atom is 0.247 e. The Hall–Kier alpha value is -1.52. The Morgan fingerprint density at radius 2 is 2.45 bits per heavy atom. The van der Waals surface area contributed by atoms with E-state index >= 15 is 0 Å². The first-order chi connectivity index (χ1) is 9.71. The molecule has 0 saturated heterocycles. The van der Waals surface area contributed by atoms with Gasteiger partial charge in [-0.05, 0) is 6.42 Å². The van der Waals surface area contributed by atoms with Gasteiger partial charge in [0.25, 0.3) is 0 Å². The van der Waals surface area contributed by atoms with E-state index in [1.807, 2.05) is 0 Å². The zero-order chi connectivity index (χ0) is 14.4. The van der Waals surface area contributed by atoms with Gasteiger partial charge < -0.3 is 5.73 Å². The summed E-state index contributed by atoms with van der Waals surface area (Å²) in [6, 6.07) is 0. The molecular formula is C10H15N7OS2. The Morgan fingerprint density at radius 1 is 1.60 bits per heavy atom. The molecule has 3 N–H and O–H groups in total. The van der Waals surface area contributed by atoms with E-state index in [-0.39, 0.29) is 12.5 Å². The van der Waals surface area contributed by atoms with Crippen LogP contribution in [0.15, 0.2) is 11.4 Å². The molecule has 0 aromatic carbocycles. The van der Waals surface area contributed by atoms with E-state index in [9.17, 15) is 4.79 Å². The second kappa shape index (κ2) is 7.31. The molecule has 0 fully saturated rings. The summed E-state index contributed by atoms with van der Waals surface area (Å²) in [6.07, 6.45) is 2.70. The van der Waals surface area contributed by atoms with Gasteiger partial charge >= 0.3 is 0 Å². The van der Waals surface area contributed by atoms with E-state index in [4.69, 9.17) is 5.73 Å². The number of anilines is 1. The molecule has 0 aliphatic heterocycles. The largest absolute Gasteiger partial charge is 0.325 e. The van der Waals surface area contributed by atoms with E-state index in [1.54, 1.807) is 18.0 Å². The fraction of sp³-hybridized carbons (Fsp3) is 0.500. The number of nitrogens with one attached hydrogen (secondary N) is 1. The van der Waals surface area contributed by atoms with Gasteiger partial charge in [-0.25, -0.2) is 4.68 Å². The van der Waals surface area contributed by atoms with Crippen LogP contribution in [-0.4, -0.2) is 36.0 Å². The van der Waals surface area contributed by atoms with Crippen molar-refractivity contribution in [3.05, 3.63) is 11.9 Å². The van der Waals surface area contributed by atoms with Gasteiger partial charge in [0.15, 0.2) is 0 Å². The molecule has 10 heteroatoms. The first-order valence-electron chi connectivity index (χ1n) is 6.06. The molecule has 0 radical (unpaired) electrons. The summed E-state index contributed by atoms with van der Waals surface area (Å²) < 4.78 is 5.59. The van der Waals surface area contributed by atoms with E-state index in [0.29, 0.717) is 22.5 Å². The summed E-state index contributed by atoms with van der Waals surface area (Å²) in [5.41, 5.74) is 6.07. The highest BCUT2D eigenvalue weighted by Crippen LogP contribution is 2.20. The summed E-state index contributed by atoms with van der Waals surface area (Å²) in [7, 11) is 0. The zero-order valence-corrected chi connectivity index (χ0v) is 12.6. The summed E-state index contributed by atoms with van der Waals surface area (Å²) in [4.78, 5) is 16.0.